The molecule has 1 rings (SSSR count). The third-order valence-corrected chi connectivity index (χ3v) is 2.92. The zero-order valence-electron chi connectivity index (χ0n) is 7.73. The van der Waals surface area contributed by atoms with E-state index in [0.29, 0.717) is 17.4 Å². The number of benzene rings is 1. The number of hydrogen-bond donors (Lipinski definition) is 0. The largest absolute Gasteiger partial charge is 0.298 e. The molecular weight excluding hydrogens is 200 g/mol. The van der Waals surface area contributed by atoms with Crippen molar-refractivity contribution in [2.75, 3.05) is 6.26 Å². The number of carbonyl (C=O) groups is 1. The molecule has 0 aliphatic carbocycles. The lowest BCUT2D eigenvalue weighted by molar-refractivity contribution is -0.103. The van der Waals surface area contributed by atoms with Crippen LogP contribution >= 0.6 is 0 Å². The topological polar surface area (TPSA) is 51.2 Å². The first-order chi connectivity index (χ1) is 6.45. The van der Waals surface area contributed by atoms with Gasteiger partial charge in [-0.1, -0.05) is 18.7 Å². The number of allylic oxidation sites excluding steroid dienone is 1. The first-order valence-corrected chi connectivity index (χ1v) is 5.79. The molecule has 3 nitrogen and oxygen atoms in total. The molecule has 0 bridgehead atoms. The Morgan fingerprint density at radius 1 is 1.29 bits per heavy atom. The Kier molecular flexibility index (Phi) is 2.86. The minimum absolute atomic E-state index is 0.236. The van der Waals surface area contributed by atoms with E-state index in [2.05, 4.69) is 6.58 Å². The second-order valence-electron chi connectivity index (χ2n) is 2.94. The lowest BCUT2D eigenvalue weighted by Gasteiger charge is -2.00. The van der Waals surface area contributed by atoms with Crippen molar-refractivity contribution in [3.63, 3.8) is 0 Å². The Balaban J connectivity index is 3.13. The minimum Gasteiger partial charge on any atom is -0.298 e. The van der Waals surface area contributed by atoms with Crippen molar-refractivity contribution < 1.29 is 13.2 Å². The minimum atomic E-state index is -3.17. The molecule has 0 N–H and O–H groups in total. The van der Waals surface area contributed by atoms with Gasteiger partial charge in [0.15, 0.2) is 9.84 Å². The molecule has 4 heteroatoms. The Bertz CT molecular complexity index is 455. The summed E-state index contributed by atoms with van der Waals surface area (Å²) in [5.41, 5.74) is 0.970. The number of rotatable bonds is 3. The van der Waals surface area contributed by atoms with E-state index >= 15 is 0 Å². The fourth-order valence-electron chi connectivity index (χ4n) is 0.984. The SMILES string of the molecule is C=C(C=O)c1ccc(S(C)(=O)=O)cc1. The van der Waals surface area contributed by atoms with Crippen LogP contribution in [-0.2, 0) is 14.6 Å². The van der Waals surface area contributed by atoms with Gasteiger partial charge in [0.25, 0.3) is 0 Å². The predicted octanol–water partition coefficient (Wildman–Crippen LogP) is 1.30. The monoisotopic (exact) mass is 210 g/mol. The van der Waals surface area contributed by atoms with Gasteiger partial charge >= 0.3 is 0 Å². The van der Waals surface area contributed by atoms with E-state index in [-0.39, 0.29) is 4.90 Å². The maximum absolute atomic E-state index is 11.1. The zero-order valence-corrected chi connectivity index (χ0v) is 8.54. The molecule has 0 aliphatic rings. The van der Waals surface area contributed by atoms with Crippen LogP contribution in [0.3, 0.4) is 0 Å². The van der Waals surface area contributed by atoms with E-state index in [1.54, 1.807) is 12.1 Å². The fourth-order valence-corrected chi connectivity index (χ4v) is 1.61. The highest BCUT2D eigenvalue weighted by Crippen LogP contribution is 2.14. The highest BCUT2D eigenvalue weighted by atomic mass is 32.2. The van der Waals surface area contributed by atoms with Crippen molar-refractivity contribution in [1.82, 2.24) is 0 Å². The summed E-state index contributed by atoms with van der Waals surface area (Å²) >= 11 is 0. The predicted molar refractivity (Wildman–Crippen MR) is 54.6 cm³/mol. The van der Waals surface area contributed by atoms with Crippen LogP contribution in [0.4, 0.5) is 0 Å². The van der Waals surface area contributed by atoms with Gasteiger partial charge in [-0.25, -0.2) is 8.42 Å². The zero-order chi connectivity index (χ0) is 10.8. The van der Waals surface area contributed by atoms with Crippen LogP contribution in [0.25, 0.3) is 5.57 Å². The van der Waals surface area contributed by atoms with Crippen LogP contribution in [0.15, 0.2) is 35.7 Å². The lowest BCUT2D eigenvalue weighted by Crippen LogP contribution is -1.96. The molecule has 0 aromatic heterocycles. The molecule has 0 saturated carbocycles. The number of aldehydes is 1. The third-order valence-electron chi connectivity index (χ3n) is 1.80. The highest BCUT2D eigenvalue weighted by Gasteiger charge is 2.06. The van der Waals surface area contributed by atoms with Crippen LogP contribution in [0.5, 0.6) is 0 Å². The summed E-state index contributed by atoms with van der Waals surface area (Å²) in [7, 11) is -3.17. The van der Waals surface area contributed by atoms with Crippen LogP contribution in [0.1, 0.15) is 5.56 Å². The van der Waals surface area contributed by atoms with Crippen LogP contribution < -0.4 is 0 Å². The summed E-state index contributed by atoms with van der Waals surface area (Å²) in [5, 5.41) is 0. The second-order valence-corrected chi connectivity index (χ2v) is 4.96. The molecule has 0 heterocycles. The highest BCUT2D eigenvalue weighted by molar-refractivity contribution is 7.90. The smallest absolute Gasteiger partial charge is 0.175 e. The average Bonchev–Trinajstić information content (AvgIpc) is 2.15. The van der Waals surface area contributed by atoms with Gasteiger partial charge in [-0.05, 0) is 17.7 Å². The van der Waals surface area contributed by atoms with E-state index in [9.17, 15) is 13.2 Å². The van der Waals surface area contributed by atoms with Gasteiger partial charge in [0.1, 0.15) is 6.29 Å². The van der Waals surface area contributed by atoms with Crippen LogP contribution in [-0.4, -0.2) is 21.0 Å². The maximum Gasteiger partial charge on any atom is 0.175 e. The first-order valence-electron chi connectivity index (χ1n) is 3.90. The van der Waals surface area contributed by atoms with E-state index in [4.69, 9.17) is 0 Å². The maximum atomic E-state index is 11.1. The Labute approximate surface area is 83.0 Å². The molecule has 1 aromatic rings. The summed E-state index contributed by atoms with van der Waals surface area (Å²) in [6.07, 6.45) is 1.77. The normalized spacial score (nSPS) is 10.9. The molecule has 14 heavy (non-hydrogen) atoms. The summed E-state index contributed by atoms with van der Waals surface area (Å²) < 4.78 is 22.2. The van der Waals surface area contributed by atoms with Gasteiger partial charge in [0.05, 0.1) is 4.90 Å². The van der Waals surface area contributed by atoms with Crippen LogP contribution in [0.2, 0.25) is 0 Å². The van der Waals surface area contributed by atoms with Gasteiger partial charge in [0.2, 0.25) is 0 Å². The van der Waals surface area contributed by atoms with Crippen molar-refractivity contribution in [2.45, 2.75) is 4.90 Å². The molecule has 0 radical (unpaired) electrons. The lowest BCUT2D eigenvalue weighted by atomic mass is 10.1. The Morgan fingerprint density at radius 2 is 1.79 bits per heavy atom. The molecule has 0 aliphatic heterocycles. The van der Waals surface area contributed by atoms with Crippen molar-refractivity contribution in [2.24, 2.45) is 0 Å². The summed E-state index contributed by atoms with van der Waals surface area (Å²) in [4.78, 5) is 10.6. The van der Waals surface area contributed by atoms with Gasteiger partial charge in [-0.2, -0.15) is 0 Å². The number of hydrogen-bond acceptors (Lipinski definition) is 3. The number of carbonyl (C=O) groups excluding carboxylic acids is 1. The molecule has 0 fully saturated rings. The van der Waals surface area contributed by atoms with Gasteiger partial charge in [-0.3, -0.25) is 4.79 Å². The molecule has 1 aromatic carbocycles. The molecule has 0 unspecified atom stereocenters. The summed E-state index contributed by atoms with van der Waals surface area (Å²) in [5.74, 6) is 0. The molecule has 0 saturated heterocycles. The number of sulfone groups is 1. The van der Waals surface area contributed by atoms with Crippen molar-refractivity contribution in [1.29, 1.82) is 0 Å². The van der Waals surface area contributed by atoms with E-state index in [0.717, 1.165) is 6.26 Å². The average molecular weight is 210 g/mol. The molecule has 0 amide bonds. The molecule has 0 spiro atoms. The quantitative estimate of drug-likeness (QED) is 0.558. The standard InChI is InChI=1S/C10H10O3S/c1-8(7-11)9-3-5-10(6-4-9)14(2,12)13/h3-7H,1H2,2H3. The van der Waals surface area contributed by atoms with E-state index < -0.39 is 9.84 Å². The molecule has 0 atom stereocenters. The van der Waals surface area contributed by atoms with Crippen molar-refractivity contribution in [3.05, 3.63) is 36.4 Å². The van der Waals surface area contributed by atoms with E-state index in [1.807, 2.05) is 0 Å². The molecular formula is C10H10O3S. The van der Waals surface area contributed by atoms with Gasteiger partial charge in [-0.15, -0.1) is 0 Å². The first kappa shape index (κ1) is 10.7. The van der Waals surface area contributed by atoms with Gasteiger partial charge in [0, 0.05) is 11.8 Å². The Hall–Kier alpha value is -1.42. The third kappa shape index (κ3) is 2.29. The molecule has 74 valence electrons. The Morgan fingerprint density at radius 3 is 2.14 bits per heavy atom. The summed E-state index contributed by atoms with van der Waals surface area (Å²) in [6.45, 7) is 3.52. The summed E-state index contributed by atoms with van der Waals surface area (Å²) in [6, 6.07) is 6.04. The van der Waals surface area contributed by atoms with Crippen LogP contribution in [0, 0.1) is 0 Å². The van der Waals surface area contributed by atoms with Crippen molar-refractivity contribution in [3.8, 4) is 0 Å². The fraction of sp³-hybridized carbons (Fsp3) is 0.100. The van der Waals surface area contributed by atoms with Gasteiger partial charge < -0.3 is 0 Å². The second kappa shape index (κ2) is 3.75. The van der Waals surface area contributed by atoms with Crippen molar-refractivity contribution >= 4 is 21.7 Å². The van der Waals surface area contributed by atoms with E-state index in [1.165, 1.54) is 12.1 Å².